The maximum absolute atomic E-state index is 6.18. The van der Waals surface area contributed by atoms with Gasteiger partial charge >= 0.3 is 0 Å². The molecule has 2 nitrogen and oxygen atoms in total. The lowest BCUT2D eigenvalue weighted by molar-refractivity contribution is 0.446. The topological polar surface area (TPSA) is 25.8 Å². The maximum atomic E-state index is 6.18. The van der Waals surface area contributed by atoms with Gasteiger partial charge in [-0.3, -0.25) is 0 Å². The number of halogens is 1. The Morgan fingerprint density at radius 1 is 1.19 bits per heavy atom. The van der Waals surface area contributed by atoms with Crippen LogP contribution in [0.4, 0.5) is 0 Å². The quantitative estimate of drug-likeness (QED) is 0.704. The summed E-state index contributed by atoms with van der Waals surface area (Å²) >= 11 is 7.86. The smallest absolute Gasteiger partial charge is 0.141 e. The Balaban J connectivity index is 2.09. The van der Waals surface area contributed by atoms with Gasteiger partial charge in [0.2, 0.25) is 0 Å². The fourth-order valence-electron chi connectivity index (χ4n) is 2.57. The summed E-state index contributed by atoms with van der Waals surface area (Å²) in [5.74, 6) is 0.672. The Morgan fingerprint density at radius 3 is 2.81 bits per heavy atom. The van der Waals surface area contributed by atoms with E-state index in [1.165, 1.54) is 37.7 Å². The van der Waals surface area contributed by atoms with Crippen LogP contribution in [0.15, 0.2) is 11.7 Å². The van der Waals surface area contributed by atoms with Gasteiger partial charge in [0.15, 0.2) is 0 Å². The van der Waals surface area contributed by atoms with Crippen LogP contribution >= 0.6 is 22.9 Å². The molecule has 2 heterocycles. The van der Waals surface area contributed by atoms with E-state index in [1.54, 1.807) is 17.7 Å². The molecule has 0 aliphatic heterocycles. The van der Waals surface area contributed by atoms with E-state index in [1.807, 2.05) is 0 Å². The van der Waals surface area contributed by atoms with Crippen LogP contribution < -0.4 is 0 Å². The zero-order valence-electron chi connectivity index (χ0n) is 8.95. The fraction of sp³-hybridized carbons (Fsp3) is 0.500. The molecule has 0 spiro atoms. The van der Waals surface area contributed by atoms with E-state index in [2.05, 4.69) is 15.3 Å². The molecule has 1 aliphatic carbocycles. The first-order valence-electron chi connectivity index (χ1n) is 5.74. The normalized spacial score (nSPS) is 18.1. The molecule has 0 atom stereocenters. The molecule has 0 aromatic carbocycles. The molecule has 84 valence electrons. The Labute approximate surface area is 104 Å². The summed E-state index contributed by atoms with van der Waals surface area (Å²) in [6, 6.07) is 0. The lowest BCUT2D eigenvalue weighted by Gasteiger charge is -2.21. The minimum atomic E-state index is 0.617. The van der Waals surface area contributed by atoms with Crippen molar-refractivity contribution in [1.29, 1.82) is 0 Å². The number of hydrogen-bond donors (Lipinski definition) is 0. The number of rotatable bonds is 1. The molecule has 0 unspecified atom stereocenters. The lowest BCUT2D eigenvalue weighted by Crippen LogP contribution is -2.03. The van der Waals surface area contributed by atoms with Crippen molar-refractivity contribution in [3.63, 3.8) is 0 Å². The van der Waals surface area contributed by atoms with E-state index < -0.39 is 0 Å². The van der Waals surface area contributed by atoms with Gasteiger partial charge in [-0.2, -0.15) is 0 Å². The summed E-state index contributed by atoms with van der Waals surface area (Å²) in [6.45, 7) is 0. The highest BCUT2D eigenvalue weighted by molar-refractivity contribution is 7.17. The summed E-state index contributed by atoms with van der Waals surface area (Å²) < 4.78 is 0. The molecule has 1 fully saturated rings. The average Bonchev–Trinajstić information content (AvgIpc) is 2.75. The van der Waals surface area contributed by atoms with E-state index in [4.69, 9.17) is 11.6 Å². The van der Waals surface area contributed by atoms with Crippen molar-refractivity contribution in [2.24, 2.45) is 0 Å². The molecule has 3 rings (SSSR count). The van der Waals surface area contributed by atoms with Gasteiger partial charge in [0.1, 0.15) is 16.3 Å². The summed E-state index contributed by atoms with van der Waals surface area (Å²) in [5.41, 5.74) is 1.38. The second kappa shape index (κ2) is 4.30. The number of fused-ring (bicyclic) bond motifs is 1. The van der Waals surface area contributed by atoms with E-state index >= 15 is 0 Å². The van der Waals surface area contributed by atoms with E-state index in [9.17, 15) is 0 Å². The van der Waals surface area contributed by atoms with Gasteiger partial charge in [0.05, 0.1) is 5.39 Å². The second-order valence-electron chi connectivity index (χ2n) is 4.37. The number of nitrogens with zero attached hydrogens (tertiary/aromatic N) is 2. The van der Waals surface area contributed by atoms with Crippen LogP contribution in [0.5, 0.6) is 0 Å². The van der Waals surface area contributed by atoms with Crippen molar-refractivity contribution in [3.8, 4) is 0 Å². The molecule has 1 saturated carbocycles. The molecule has 2 aromatic rings. The Kier molecular flexibility index (Phi) is 2.82. The third kappa shape index (κ3) is 1.72. The van der Waals surface area contributed by atoms with Crippen molar-refractivity contribution < 1.29 is 0 Å². The summed E-state index contributed by atoms with van der Waals surface area (Å²) in [6.07, 6.45) is 8.18. The molecule has 16 heavy (non-hydrogen) atoms. The summed E-state index contributed by atoms with van der Waals surface area (Å²) in [7, 11) is 0. The average molecular weight is 253 g/mol. The number of aromatic nitrogens is 2. The monoisotopic (exact) mass is 252 g/mol. The van der Waals surface area contributed by atoms with Crippen LogP contribution in [0.3, 0.4) is 0 Å². The first-order valence-corrected chi connectivity index (χ1v) is 6.99. The minimum absolute atomic E-state index is 0.617. The van der Waals surface area contributed by atoms with Gasteiger partial charge in [-0.25, -0.2) is 9.97 Å². The lowest BCUT2D eigenvalue weighted by atomic mass is 9.84. The highest BCUT2D eigenvalue weighted by Gasteiger charge is 2.20. The summed E-state index contributed by atoms with van der Waals surface area (Å²) in [4.78, 5) is 9.40. The highest BCUT2D eigenvalue weighted by Crippen LogP contribution is 2.40. The van der Waals surface area contributed by atoms with Crippen molar-refractivity contribution in [1.82, 2.24) is 9.97 Å². The van der Waals surface area contributed by atoms with Crippen molar-refractivity contribution in [3.05, 3.63) is 22.4 Å². The first kappa shape index (κ1) is 10.5. The first-order chi connectivity index (χ1) is 7.86. The van der Waals surface area contributed by atoms with E-state index in [0.29, 0.717) is 11.1 Å². The molecule has 0 bridgehead atoms. The molecule has 2 aromatic heterocycles. The van der Waals surface area contributed by atoms with Crippen LogP contribution in [-0.2, 0) is 0 Å². The van der Waals surface area contributed by atoms with Gasteiger partial charge in [0.25, 0.3) is 0 Å². The standard InChI is InChI=1S/C12H13ClN2S/c13-11-10-9(8-4-2-1-3-5-8)6-16-12(10)15-7-14-11/h6-8H,1-5H2. The van der Waals surface area contributed by atoms with E-state index in [-0.39, 0.29) is 0 Å². The maximum Gasteiger partial charge on any atom is 0.141 e. The predicted molar refractivity (Wildman–Crippen MR) is 68.3 cm³/mol. The van der Waals surface area contributed by atoms with Gasteiger partial charge in [-0.1, -0.05) is 30.9 Å². The van der Waals surface area contributed by atoms with Gasteiger partial charge in [-0.15, -0.1) is 11.3 Å². The van der Waals surface area contributed by atoms with Gasteiger partial charge < -0.3 is 0 Å². The van der Waals surface area contributed by atoms with Crippen molar-refractivity contribution in [2.45, 2.75) is 38.0 Å². The van der Waals surface area contributed by atoms with E-state index in [0.717, 1.165) is 10.2 Å². The molecule has 0 N–H and O–H groups in total. The molecule has 0 saturated heterocycles. The van der Waals surface area contributed by atoms with Gasteiger partial charge in [-0.05, 0) is 29.7 Å². The van der Waals surface area contributed by atoms with Crippen molar-refractivity contribution in [2.75, 3.05) is 0 Å². The van der Waals surface area contributed by atoms with Crippen molar-refractivity contribution >= 4 is 33.2 Å². The third-order valence-corrected chi connectivity index (χ3v) is 4.59. The Morgan fingerprint density at radius 2 is 2.00 bits per heavy atom. The Bertz CT molecular complexity index is 503. The van der Waals surface area contributed by atoms with Gasteiger partial charge in [0, 0.05) is 0 Å². The zero-order valence-corrected chi connectivity index (χ0v) is 10.5. The Hall–Kier alpha value is -0.670. The third-order valence-electron chi connectivity index (χ3n) is 3.40. The van der Waals surface area contributed by atoms with Crippen LogP contribution in [0.25, 0.3) is 10.2 Å². The molecule has 0 radical (unpaired) electrons. The SMILES string of the molecule is Clc1ncnc2scc(C3CCCCC3)c12. The fourth-order valence-corrected chi connectivity index (χ4v) is 3.86. The second-order valence-corrected chi connectivity index (χ2v) is 5.59. The predicted octanol–water partition coefficient (Wildman–Crippen LogP) is 4.39. The zero-order chi connectivity index (χ0) is 11.0. The van der Waals surface area contributed by atoms with Crippen LogP contribution in [-0.4, -0.2) is 9.97 Å². The molecule has 0 amide bonds. The molecule has 4 heteroatoms. The molecular formula is C12H13ClN2S. The highest BCUT2D eigenvalue weighted by atomic mass is 35.5. The number of hydrogen-bond acceptors (Lipinski definition) is 3. The summed E-state index contributed by atoms with van der Waals surface area (Å²) in [5, 5.41) is 3.94. The molecular weight excluding hydrogens is 240 g/mol. The van der Waals surface area contributed by atoms with Crippen LogP contribution in [0.1, 0.15) is 43.6 Å². The number of thiophene rings is 1. The van der Waals surface area contributed by atoms with Crippen LogP contribution in [0, 0.1) is 0 Å². The largest absolute Gasteiger partial charge is 0.225 e. The minimum Gasteiger partial charge on any atom is -0.225 e. The van der Waals surface area contributed by atoms with Crippen LogP contribution in [0.2, 0.25) is 5.15 Å². The molecule has 1 aliphatic rings.